The van der Waals surface area contributed by atoms with E-state index in [2.05, 4.69) is 39.1 Å². The third-order valence-electron chi connectivity index (χ3n) is 4.42. The fourth-order valence-corrected chi connectivity index (χ4v) is 2.84. The van der Waals surface area contributed by atoms with Gasteiger partial charge in [-0.2, -0.15) is 0 Å². The molecule has 2 unspecified atom stereocenters. The Balaban J connectivity index is 2.71. The van der Waals surface area contributed by atoms with Crippen LogP contribution in [0.15, 0.2) is 11.6 Å². The van der Waals surface area contributed by atoms with Crippen molar-refractivity contribution in [1.82, 2.24) is 5.32 Å². The quantitative estimate of drug-likeness (QED) is 0.660. The largest absolute Gasteiger partial charge is 0.310 e. The van der Waals surface area contributed by atoms with Gasteiger partial charge < -0.3 is 5.32 Å². The molecule has 1 aliphatic rings. The summed E-state index contributed by atoms with van der Waals surface area (Å²) in [5, 5.41) is 3.80. The third-order valence-corrected chi connectivity index (χ3v) is 4.42. The van der Waals surface area contributed by atoms with Crippen LogP contribution in [-0.2, 0) is 0 Å². The average Bonchev–Trinajstić information content (AvgIpc) is 2.30. The van der Waals surface area contributed by atoms with Crippen molar-refractivity contribution in [3.8, 4) is 0 Å². The summed E-state index contributed by atoms with van der Waals surface area (Å²) in [4.78, 5) is 0. The van der Waals surface area contributed by atoms with Crippen molar-refractivity contribution >= 4 is 0 Å². The number of allylic oxidation sites excluding steroid dienone is 1. The zero-order chi connectivity index (χ0) is 13.4. The van der Waals surface area contributed by atoms with E-state index in [1.165, 1.54) is 44.9 Å². The van der Waals surface area contributed by atoms with Gasteiger partial charge in [0.2, 0.25) is 0 Å². The van der Waals surface area contributed by atoms with Crippen LogP contribution in [0, 0.1) is 11.8 Å². The van der Waals surface area contributed by atoms with Crippen LogP contribution in [0.1, 0.15) is 72.6 Å². The van der Waals surface area contributed by atoms with Crippen molar-refractivity contribution in [2.75, 3.05) is 6.54 Å². The van der Waals surface area contributed by atoms with E-state index in [1.54, 1.807) is 5.57 Å². The number of nitrogens with one attached hydrogen (secondary N) is 1. The first-order valence-corrected chi connectivity index (χ1v) is 8.09. The molecule has 0 aromatic rings. The van der Waals surface area contributed by atoms with Gasteiger partial charge in [-0.3, -0.25) is 0 Å². The van der Waals surface area contributed by atoms with Crippen LogP contribution in [-0.4, -0.2) is 12.6 Å². The predicted octanol–water partition coefficient (Wildman–Crippen LogP) is 4.93. The molecule has 18 heavy (non-hydrogen) atoms. The van der Waals surface area contributed by atoms with Crippen molar-refractivity contribution in [3.63, 3.8) is 0 Å². The van der Waals surface area contributed by atoms with Gasteiger partial charge in [0, 0.05) is 6.04 Å². The second kappa shape index (κ2) is 8.74. The highest BCUT2D eigenvalue weighted by molar-refractivity contribution is 5.13. The topological polar surface area (TPSA) is 12.0 Å². The highest BCUT2D eigenvalue weighted by atomic mass is 14.9. The van der Waals surface area contributed by atoms with E-state index in [0.717, 1.165) is 18.4 Å². The maximum Gasteiger partial charge on any atom is 0.0307 e. The molecule has 0 fully saturated rings. The van der Waals surface area contributed by atoms with Crippen LogP contribution in [0.5, 0.6) is 0 Å². The van der Waals surface area contributed by atoms with E-state index in [1.807, 2.05) is 0 Å². The zero-order valence-corrected chi connectivity index (χ0v) is 13.0. The Hall–Kier alpha value is -0.300. The molecule has 0 saturated carbocycles. The summed E-state index contributed by atoms with van der Waals surface area (Å²) >= 11 is 0. The number of hydrogen-bond acceptors (Lipinski definition) is 1. The van der Waals surface area contributed by atoms with E-state index in [9.17, 15) is 0 Å². The average molecular weight is 251 g/mol. The summed E-state index contributed by atoms with van der Waals surface area (Å²) in [6, 6.07) is 0.614. The molecule has 0 radical (unpaired) electrons. The van der Waals surface area contributed by atoms with E-state index >= 15 is 0 Å². The molecule has 0 aromatic heterocycles. The van der Waals surface area contributed by atoms with Crippen LogP contribution in [0.2, 0.25) is 0 Å². The monoisotopic (exact) mass is 251 g/mol. The van der Waals surface area contributed by atoms with Gasteiger partial charge in [-0.25, -0.2) is 0 Å². The van der Waals surface area contributed by atoms with Gasteiger partial charge in [-0.1, -0.05) is 52.2 Å². The summed E-state index contributed by atoms with van der Waals surface area (Å²) in [5.41, 5.74) is 1.70. The lowest BCUT2D eigenvalue weighted by Crippen LogP contribution is -2.39. The van der Waals surface area contributed by atoms with Crippen molar-refractivity contribution < 1.29 is 0 Å². The molecule has 1 heteroatoms. The van der Waals surface area contributed by atoms with Gasteiger partial charge in [0.05, 0.1) is 0 Å². The molecule has 0 spiro atoms. The number of rotatable bonds is 6. The normalized spacial score (nSPS) is 21.1. The smallest absolute Gasteiger partial charge is 0.0307 e. The molecular weight excluding hydrogens is 218 g/mol. The van der Waals surface area contributed by atoms with Gasteiger partial charge in [-0.05, 0) is 50.5 Å². The van der Waals surface area contributed by atoms with Crippen LogP contribution in [0.3, 0.4) is 0 Å². The van der Waals surface area contributed by atoms with Crippen molar-refractivity contribution in [2.45, 2.75) is 78.7 Å². The summed E-state index contributed by atoms with van der Waals surface area (Å²) in [6.45, 7) is 10.5. The van der Waals surface area contributed by atoms with Crippen LogP contribution >= 0.6 is 0 Å². The molecular formula is C17H33N. The number of hydrogen-bond donors (Lipinski definition) is 1. The fraction of sp³-hybridized carbons (Fsp3) is 0.882. The minimum absolute atomic E-state index is 0.614. The second-order valence-corrected chi connectivity index (χ2v) is 6.27. The first-order chi connectivity index (χ1) is 8.66. The molecule has 2 atom stereocenters. The summed E-state index contributed by atoms with van der Waals surface area (Å²) in [7, 11) is 0. The lowest BCUT2D eigenvalue weighted by atomic mass is 9.82. The Labute approximate surface area is 114 Å². The molecule has 0 amide bonds. The second-order valence-electron chi connectivity index (χ2n) is 6.27. The first-order valence-electron chi connectivity index (χ1n) is 8.09. The SMILES string of the molecule is CCCNC(C1=CCCCCCC1)C(C)C(C)C. The lowest BCUT2D eigenvalue weighted by Gasteiger charge is -2.31. The molecule has 0 saturated heterocycles. The van der Waals surface area contributed by atoms with Gasteiger partial charge in [0.25, 0.3) is 0 Å². The van der Waals surface area contributed by atoms with Gasteiger partial charge in [0.15, 0.2) is 0 Å². The Bertz CT molecular complexity index is 242. The standard InChI is InChI=1S/C17H33N/c1-5-13-18-17(15(4)14(2)3)16-11-9-7-6-8-10-12-16/h11,14-15,17-18H,5-10,12-13H2,1-4H3. The maximum atomic E-state index is 3.80. The van der Waals surface area contributed by atoms with Crippen LogP contribution < -0.4 is 5.32 Å². The lowest BCUT2D eigenvalue weighted by molar-refractivity contribution is 0.321. The Morgan fingerprint density at radius 1 is 1.11 bits per heavy atom. The Morgan fingerprint density at radius 2 is 1.83 bits per heavy atom. The van der Waals surface area contributed by atoms with E-state index in [4.69, 9.17) is 0 Å². The summed E-state index contributed by atoms with van der Waals surface area (Å²) in [5.74, 6) is 1.49. The molecule has 1 rings (SSSR count). The minimum atomic E-state index is 0.614. The maximum absolute atomic E-state index is 3.80. The molecule has 1 nitrogen and oxygen atoms in total. The molecule has 0 aliphatic heterocycles. The van der Waals surface area contributed by atoms with Gasteiger partial charge in [0.1, 0.15) is 0 Å². The van der Waals surface area contributed by atoms with E-state index in [0.29, 0.717) is 6.04 Å². The summed E-state index contributed by atoms with van der Waals surface area (Å²) < 4.78 is 0. The first kappa shape index (κ1) is 15.8. The molecule has 106 valence electrons. The molecule has 1 N–H and O–H groups in total. The fourth-order valence-electron chi connectivity index (χ4n) is 2.84. The highest BCUT2D eigenvalue weighted by Gasteiger charge is 2.23. The van der Waals surface area contributed by atoms with E-state index < -0.39 is 0 Å². The van der Waals surface area contributed by atoms with Crippen molar-refractivity contribution in [1.29, 1.82) is 0 Å². The summed E-state index contributed by atoms with van der Waals surface area (Å²) in [6.07, 6.45) is 12.0. The Morgan fingerprint density at radius 3 is 2.50 bits per heavy atom. The van der Waals surface area contributed by atoms with Gasteiger partial charge in [-0.15, -0.1) is 0 Å². The molecule has 0 bridgehead atoms. The molecule has 0 aromatic carbocycles. The van der Waals surface area contributed by atoms with E-state index in [-0.39, 0.29) is 0 Å². The van der Waals surface area contributed by atoms with Crippen molar-refractivity contribution in [2.24, 2.45) is 11.8 Å². The van der Waals surface area contributed by atoms with Gasteiger partial charge >= 0.3 is 0 Å². The minimum Gasteiger partial charge on any atom is -0.310 e. The van der Waals surface area contributed by atoms with Crippen LogP contribution in [0.25, 0.3) is 0 Å². The predicted molar refractivity (Wildman–Crippen MR) is 81.9 cm³/mol. The molecule has 1 aliphatic carbocycles. The third kappa shape index (κ3) is 5.14. The van der Waals surface area contributed by atoms with Crippen LogP contribution in [0.4, 0.5) is 0 Å². The van der Waals surface area contributed by atoms with Crippen molar-refractivity contribution in [3.05, 3.63) is 11.6 Å². The zero-order valence-electron chi connectivity index (χ0n) is 13.0. The molecule has 0 heterocycles. The highest BCUT2D eigenvalue weighted by Crippen LogP contribution is 2.26. The Kier molecular flexibility index (Phi) is 7.65.